The highest BCUT2D eigenvalue weighted by Crippen LogP contribution is 2.24. The molecule has 0 atom stereocenters. The number of hydrogen-bond donors (Lipinski definition) is 1. The van der Waals surface area contributed by atoms with Crippen LogP contribution < -0.4 is 5.32 Å². The Balaban J connectivity index is 1.45. The molecule has 4 rings (SSSR count). The molecule has 0 aliphatic carbocycles. The number of likely N-dealkylation sites (tertiary alicyclic amines) is 1. The second kappa shape index (κ2) is 15.5. The number of amides is 2. The van der Waals surface area contributed by atoms with Crippen LogP contribution in [-0.2, 0) is 13.0 Å². The summed E-state index contributed by atoms with van der Waals surface area (Å²) >= 11 is 0. The number of unbranched alkanes of at least 4 members (excludes halogenated alkanes) is 2. The summed E-state index contributed by atoms with van der Waals surface area (Å²) in [5.74, 6) is 0.609. The van der Waals surface area contributed by atoms with E-state index in [1.807, 2.05) is 36.4 Å². The van der Waals surface area contributed by atoms with Gasteiger partial charge < -0.3 is 15.1 Å². The summed E-state index contributed by atoms with van der Waals surface area (Å²) in [4.78, 5) is 35.1. The fraction of sp³-hybridized carbons (Fsp3) is 0.457. The smallest absolute Gasteiger partial charge is 0.257 e. The molecule has 6 heteroatoms. The van der Waals surface area contributed by atoms with Gasteiger partial charge in [-0.25, -0.2) is 0 Å². The number of rotatable bonds is 13. The van der Waals surface area contributed by atoms with Crippen LogP contribution in [0.2, 0.25) is 0 Å². The average Bonchev–Trinajstić information content (AvgIpc) is 3.00. The van der Waals surface area contributed by atoms with E-state index in [4.69, 9.17) is 0 Å². The Kier molecular flexibility index (Phi) is 11.5. The molecule has 0 radical (unpaired) electrons. The van der Waals surface area contributed by atoms with Gasteiger partial charge in [0.05, 0.1) is 5.56 Å². The number of anilines is 1. The van der Waals surface area contributed by atoms with Crippen LogP contribution in [0, 0.1) is 5.92 Å². The van der Waals surface area contributed by atoms with Crippen molar-refractivity contribution in [3.8, 4) is 0 Å². The number of carbonyl (C=O) groups excluding carboxylic acids is 2. The van der Waals surface area contributed by atoms with E-state index in [2.05, 4.69) is 53.0 Å². The Labute approximate surface area is 246 Å². The first-order chi connectivity index (χ1) is 19.9. The highest BCUT2D eigenvalue weighted by molar-refractivity contribution is 6.04. The van der Waals surface area contributed by atoms with E-state index < -0.39 is 0 Å². The Morgan fingerprint density at radius 1 is 0.951 bits per heavy atom. The first kappa shape index (κ1) is 30.4. The minimum absolute atomic E-state index is 0.0969. The van der Waals surface area contributed by atoms with Crippen LogP contribution in [-0.4, -0.2) is 52.3 Å². The second-order valence-corrected chi connectivity index (χ2v) is 11.7. The number of nitrogens with one attached hydrogen (secondary N) is 1. The topological polar surface area (TPSA) is 65.5 Å². The zero-order valence-corrected chi connectivity index (χ0v) is 25.0. The minimum atomic E-state index is -0.190. The number of benzene rings is 2. The molecule has 41 heavy (non-hydrogen) atoms. The molecule has 0 bridgehead atoms. The summed E-state index contributed by atoms with van der Waals surface area (Å²) in [6.45, 7) is 10.5. The van der Waals surface area contributed by atoms with E-state index in [9.17, 15) is 9.59 Å². The Bertz CT molecular complexity index is 1220. The van der Waals surface area contributed by atoms with Crippen molar-refractivity contribution < 1.29 is 9.59 Å². The van der Waals surface area contributed by atoms with Crippen molar-refractivity contribution in [1.29, 1.82) is 0 Å². The molecule has 6 nitrogen and oxygen atoms in total. The van der Waals surface area contributed by atoms with E-state index in [1.165, 1.54) is 31.2 Å². The first-order valence-corrected chi connectivity index (χ1v) is 15.4. The third-order valence-electron chi connectivity index (χ3n) is 8.04. The summed E-state index contributed by atoms with van der Waals surface area (Å²) < 4.78 is 0. The van der Waals surface area contributed by atoms with Crippen LogP contribution in [0.1, 0.15) is 91.1 Å². The predicted octanol–water partition coefficient (Wildman–Crippen LogP) is 7.22. The fourth-order valence-corrected chi connectivity index (χ4v) is 5.41. The molecule has 1 aliphatic heterocycles. The van der Waals surface area contributed by atoms with E-state index in [1.54, 1.807) is 24.5 Å². The van der Waals surface area contributed by atoms with Gasteiger partial charge in [-0.05, 0) is 92.1 Å². The lowest BCUT2D eigenvalue weighted by atomic mass is 9.99. The van der Waals surface area contributed by atoms with Crippen LogP contribution in [0.3, 0.4) is 0 Å². The summed E-state index contributed by atoms with van der Waals surface area (Å²) in [5.41, 5.74) is 4.34. The lowest BCUT2D eigenvalue weighted by molar-refractivity contribution is 0.0546. The van der Waals surface area contributed by atoms with Gasteiger partial charge in [0.15, 0.2) is 0 Å². The Morgan fingerprint density at radius 3 is 2.29 bits per heavy atom. The van der Waals surface area contributed by atoms with Gasteiger partial charge in [0, 0.05) is 49.3 Å². The van der Waals surface area contributed by atoms with Crippen molar-refractivity contribution in [2.24, 2.45) is 5.92 Å². The van der Waals surface area contributed by atoms with Crippen LogP contribution in [0.25, 0.3) is 0 Å². The molecule has 2 heterocycles. The molecule has 2 amide bonds. The average molecular weight is 555 g/mol. The van der Waals surface area contributed by atoms with Gasteiger partial charge in [-0.1, -0.05) is 57.9 Å². The van der Waals surface area contributed by atoms with Crippen molar-refractivity contribution >= 4 is 17.5 Å². The number of hydrogen-bond acceptors (Lipinski definition) is 4. The molecule has 0 saturated carbocycles. The van der Waals surface area contributed by atoms with Crippen molar-refractivity contribution in [1.82, 2.24) is 14.8 Å². The molecular weight excluding hydrogens is 508 g/mol. The largest absolute Gasteiger partial charge is 0.331 e. The number of piperidine rings is 1. The molecule has 1 N–H and O–H groups in total. The number of aromatic nitrogens is 1. The zero-order chi connectivity index (χ0) is 29.0. The van der Waals surface area contributed by atoms with Gasteiger partial charge in [-0.3, -0.25) is 14.6 Å². The van der Waals surface area contributed by atoms with E-state index >= 15 is 0 Å². The summed E-state index contributed by atoms with van der Waals surface area (Å²) in [6, 6.07) is 19.8. The Morgan fingerprint density at radius 2 is 1.66 bits per heavy atom. The number of nitrogens with zero attached hydrogens (tertiary/aromatic N) is 3. The monoisotopic (exact) mass is 554 g/mol. The van der Waals surface area contributed by atoms with Gasteiger partial charge in [0.2, 0.25) is 0 Å². The predicted molar refractivity (Wildman–Crippen MR) is 167 cm³/mol. The molecule has 2 aromatic carbocycles. The maximum Gasteiger partial charge on any atom is 0.257 e. The fourth-order valence-electron chi connectivity index (χ4n) is 5.41. The molecule has 1 saturated heterocycles. The van der Waals surface area contributed by atoms with Gasteiger partial charge >= 0.3 is 0 Å². The van der Waals surface area contributed by atoms with Gasteiger partial charge in [-0.2, -0.15) is 0 Å². The molecule has 1 aromatic heterocycles. The molecule has 1 aliphatic rings. The third kappa shape index (κ3) is 9.25. The molecule has 218 valence electrons. The Hall–Kier alpha value is -3.51. The first-order valence-electron chi connectivity index (χ1n) is 15.4. The molecule has 0 spiro atoms. The SMILES string of the molecule is CCCCCc1ccc(C(=O)N(Cc2ccc(NC(=O)c3cccnc3)cc2)C2CCN(CCC(C)C)CC2)cc1. The van der Waals surface area contributed by atoms with Crippen LogP contribution >= 0.6 is 0 Å². The van der Waals surface area contributed by atoms with Crippen LogP contribution in [0.4, 0.5) is 5.69 Å². The normalized spacial score (nSPS) is 14.2. The zero-order valence-electron chi connectivity index (χ0n) is 25.0. The van der Waals surface area contributed by atoms with Gasteiger partial charge in [0.25, 0.3) is 11.8 Å². The highest BCUT2D eigenvalue weighted by atomic mass is 16.2. The van der Waals surface area contributed by atoms with E-state index in [0.717, 1.165) is 55.7 Å². The maximum atomic E-state index is 13.9. The minimum Gasteiger partial charge on any atom is -0.331 e. The van der Waals surface area contributed by atoms with Gasteiger partial charge in [0.1, 0.15) is 0 Å². The molecule has 0 unspecified atom stereocenters. The molecular formula is C35H46N4O2. The molecule has 1 fully saturated rings. The van der Waals surface area contributed by atoms with E-state index in [-0.39, 0.29) is 17.9 Å². The lowest BCUT2D eigenvalue weighted by Gasteiger charge is -2.39. The highest BCUT2D eigenvalue weighted by Gasteiger charge is 2.29. The van der Waals surface area contributed by atoms with Crippen molar-refractivity contribution in [2.75, 3.05) is 25.0 Å². The summed E-state index contributed by atoms with van der Waals surface area (Å²) in [6.07, 6.45) is 11.1. The second-order valence-electron chi connectivity index (χ2n) is 11.7. The number of carbonyl (C=O) groups is 2. The summed E-state index contributed by atoms with van der Waals surface area (Å²) in [7, 11) is 0. The number of pyridine rings is 1. The van der Waals surface area contributed by atoms with Crippen LogP contribution in [0.5, 0.6) is 0 Å². The van der Waals surface area contributed by atoms with Crippen molar-refractivity contribution in [3.05, 3.63) is 95.3 Å². The quantitative estimate of drug-likeness (QED) is 0.227. The van der Waals surface area contributed by atoms with Crippen LogP contribution in [0.15, 0.2) is 73.1 Å². The van der Waals surface area contributed by atoms with Crippen molar-refractivity contribution in [3.63, 3.8) is 0 Å². The maximum absolute atomic E-state index is 13.9. The van der Waals surface area contributed by atoms with E-state index in [0.29, 0.717) is 18.0 Å². The van der Waals surface area contributed by atoms with Gasteiger partial charge in [-0.15, -0.1) is 0 Å². The van der Waals surface area contributed by atoms with Crippen molar-refractivity contribution in [2.45, 2.75) is 78.3 Å². The lowest BCUT2D eigenvalue weighted by Crippen LogP contribution is -2.47. The standard InChI is InChI=1S/C35H46N4O2/c1-4-5-6-8-28-10-14-30(15-11-28)35(41)39(33-19-23-38(24-20-33)22-18-27(2)3)26-29-12-16-32(17-13-29)37-34(40)31-9-7-21-36-25-31/h7,9-17,21,25,27,33H,4-6,8,18-20,22-24,26H2,1-3H3,(H,37,40). The summed E-state index contributed by atoms with van der Waals surface area (Å²) in [5, 5.41) is 2.93. The third-order valence-corrected chi connectivity index (χ3v) is 8.04. The number of aryl methyl sites for hydroxylation is 1. The molecule has 3 aromatic rings.